The summed E-state index contributed by atoms with van der Waals surface area (Å²) in [7, 11) is 6.97. The van der Waals surface area contributed by atoms with Crippen molar-refractivity contribution in [3.8, 4) is 17.2 Å². The Labute approximate surface area is 197 Å². The van der Waals surface area contributed by atoms with Crippen LogP contribution in [0.2, 0.25) is 0 Å². The second kappa shape index (κ2) is 10.1. The molecule has 0 saturated carbocycles. The average Bonchev–Trinajstić information content (AvgIpc) is 3.11. The third-order valence-electron chi connectivity index (χ3n) is 5.37. The number of hydrogen-bond donors (Lipinski definition) is 0. The van der Waals surface area contributed by atoms with Gasteiger partial charge in [0.05, 0.1) is 52.3 Å². The van der Waals surface area contributed by atoms with E-state index in [2.05, 4.69) is 0 Å². The van der Waals surface area contributed by atoms with E-state index >= 15 is 0 Å². The van der Waals surface area contributed by atoms with E-state index in [0.717, 1.165) is 0 Å². The van der Waals surface area contributed by atoms with Crippen LogP contribution < -0.4 is 19.1 Å². The number of anilines is 1. The number of nitrogens with zero attached hydrogens (tertiary/aromatic N) is 1. The van der Waals surface area contributed by atoms with Gasteiger partial charge >= 0.3 is 11.9 Å². The third kappa shape index (κ3) is 4.19. The van der Waals surface area contributed by atoms with Crippen LogP contribution in [0.1, 0.15) is 22.8 Å². The zero-order chi connectivity index (χ0) is 25.0. The van der Waals surface area contributed by atoms with E-state index in [1.165, 1.54) is 40.4 Å². The fourth-order valence-corrected chi connectivity index (χ4v) is 3.75. The summed E-state index contributed by atoms with van der Waals surface area (Å²) < 4.78 is 25.9. The highest BCUT2D eigenvalue weighted by Crippen LogP contribution is 2.42. The molecule has 1 heterocycles. The Morgan fingerprint density at radius 1 is 0.794 bits per heavy atom. The summed E-state index contributed by atoms with van der Waals surface area (Å²) in [6.45, 7) is 1.64. The Hall–Kier alpha value is -4.27. The van der Waals surface area contributed by atoms with Crippen LogP contribution in [0.5, 0.6) is 17.2 Å². The second-order valence-electron chi connectivity index (χ2n) is 7.11. The molecule has 0 spiro atoms. The minimum atomic E-state index is -0.662. The molecule has 178 valence electrons. The molecule has 0 fully saturated rings. The summed E-state index contributed by atoms with van der Waals surface area (Å²) in [5.74, 6) is -0.467. The molecular formula is C25H25NO8. The largest absolute Gasteiger partial charge is 0.493 e. The number of allylic oxidation sites excluding steroid dienone is 1. The predicted octanol–water partition coefficient (Wildman–Crippen LogP) is 3.38. The number of carbonyl (C=O) groups excluding carboxylic acids is 3. The molecule has 9 heteroatoms. The van der Waals surface area contributed by atoms with Gasteiger partial charge in [-0.15, -0.1) is 0 Å². The number of esters is 2. The molecule has 1 aliphatic heterocycles. The Bertz CT molecular complexity index is 1190. The smallest absolute Gasteiger partial charge is 0.340 e. The number of rotatable bonds is 7. The van der Waals surface area contributed by atoms with Crippen molar-refractivity contribution in [1.29, 1.82) is 0 Å². The monoisotopic (exact) mass is 467 g/mol. The maximum absolute atomic E-state index is 13.5. The van der Waals surface area contributed by atoms with Gasteiger partial charge in [0.2, 0.25) is 5.75 Å². The minimum absolute atomic E-state index is 0.112. The van der Waals surface area contributed by atoms with Gasteiger partial charge in [0.1, 0.15) is 0 Å². The number of benzene rings is 2. The van der Waals surface area contributed by atoms with E-state index in [4.69, 9.17) is 23.7 Å². The van der Waals surface area contributed by atoms with Crippen molar-refractivity contribution in [3.05, 3.63) is 64.4 Å². The van der Waals surface area contributed by atoms with Crippen molar-refractivity contribution in [2.24, 2.45) is 0 Å². The van der Waals surface area contributed by atoms with Gasteiger partial charge in [-0.2, -0.15) is 0 Å². The highest BCUT2D eigenvalue weighted by Gasteiger charge is 2.38. The molecule has 3 rings (SSSR count). The molecule has 0 aromatic heterocycles. The summed E-state index contributed by atoms with van der Waals surface area (Å²) in [5.41, 5.74) is 1.92. The molecule has 0 atom stereocenters. The fraction of sp³-hybridized carbons (Fsp3) is 0.240. The minimum Gasteiger partial charge on any atom is -0.493 e. The molecule has 2 aromatic carbocycles. The van der Waals surface area contributed by atoms with Crippen molar-refractivity contribution in [3.63, 3.8) is 0 Å². The molecule has 0 saturated heterocycles. The first-order valence-corrected chi connectivity index (χ1v) is 10.2. The van der Waals surface area contributed by atoms with Crippen LogP contribution in [-0.2, 0) is 19.1 Å². The molecule has 1 aliphatic rings. The zero-order valence-corrected chi connectivity index (χ0v) is 19.8. The van der Waals surface area contributed by atoms with Gasteiger partial charge in [-0.1, -0.05) is 0 Å². The molecule has 0 bridgehead atoms. The van der Waals surface area contributed by atoms with Crippen LogP contribution in [-0.4, -0.2) is 53.4 Å². The first-order valence-electron chi connectivity index (χ1n) is 10.2. The van der Waals surface area contributed by atoms with Crippen LogP contribution in [0.25, 0.3) is 6.08 Å². The fourth-order valence-electron chi connectivity index (χ4n) is 3.75. The average molecular weight is 467 g/mol. The molecule has 34 heavy (non-hydrogen) atoms. The van der Waals surface area contributed by atoms with Crippen LogP contribution >= 0.6 is 0 Å². The van der Waals surface area contributed by atoms with Crippen LogP contribution in [0.3, 0.4) is 0 Å². The number of methoxy groups -OCH3 is 5. The summed E-state index contributed by atoms with van der Waals surface area (Å²) in [6.07, 6.45) is 1.54. The van der Waals surface area contributed by atoms with E-state index in [9.17, 15) is 14.4 Å². The lowest BCUT2D eigenvalue weighted by molar-refractivity contribution is -0.136. The molecule has 9 nitrogen and oxygen atoms in total. The van der Waals surface area contributed by atoms with E-state index in [0.29, 0.717) is 39.8 Å². The SMILES string of the molecule is COC(=O)C1=C(C)N(c2ccc(C(=O)OC)cc2)C(=O)/C1=C\c1ccc(OC)c(OC)c1OC. The van der Waals surface area contributed by atoms with Gasteiger partial charge in [0.25, 0.3) is 5.91 Å². The van der Waals surface area contributed by atoms with Crippen molar-refractivity contribution in [2.45, 2.75) is 6.92 Å². The number of amides is 1. The highest BCUT2D eigenvalue weighted by atomic mass is 16.5. The molecule has 0 aliphatic carbocycles. The summed E-state index contributed by atoms with van der Waals surface area (Å²) in [5, 5.41) is 0. The van der Waals surface area contributed by atoms with Gasteiger partial charge in [-0.3, -0.25) is 9.69 Å². The van der Waals surface area contributed by atoms with Crippen molar-refractivity contribution < 1.29 is 38.1 Å². The van der Waals surface area contributed by atoms with Gasteiger partial charge in [-0.25, -0.2) is 9.59 Å². The van der Waals surface area contributed by atoms with E-state index < -0.39 is 17.8 Å². The van der Waals surface area contributed by atoms with Crippen molar-refractivity contribution >= 4 is 29.6 Å². The van der Waals surface area contributed by atoms with Crippen molar-refractivity contribution in [2.75, 3.05) is 40.4 Å². The normalized spacial score (nSPS) is 14.4. The number of ether oxygens (including phenoxy) is 5. The molecule has 0 radical (unpaired) electrons. The lowest BCUT2D eigenvalue weighted by Gasteiger charge is -2.18. The standard InChI is InChI=1S/C25H25NO8/c1-14-20(25(29)34-6)18(13-16-9-12-19(30-2)22(32-4)21(16)31-3)23(27)26(14)17-10-7-15(8-11-17)24(28)33-5/h7-13H,1-6H3/b18-13-. The molecule has 1 amide bonds. The quantitative estimate of drug-likeness (QED) is 0.451. The van der Waals surface area contributed by atoms with Crippen molar-refractivity contribution in [1.82, 2.24) is 0 Å². The predicted molar refractivity (Wildman–Crippen MR) is 124 cm³/mol. The molecule has 0 unspecified atom stereocenters. The van der Waals surface area contributed by atoms with Crippen LogP contribution in [0, 0.1) is 0 Å². The first kappa shape index (κ1) is 24.4. The summed E-state index contributed by atoms with van der Waals surface area (Å²) in [6, 6.07) is 9.64. The van der Waals surface area contributed by atoms with Gasteiger partial charge in [0.15, 0.2) is 11.5 Å². The summed E-state index contributed by atoms with van der Waals surface area (Å²) in [4.78, 5) is 39.3. The topological polar surface area (TPSA) is 101 Å². The maximum Gasteiger partial charge on any atom is 0.340 e. The van der Waals surface area contributed by atoms with Crippen LogP contribution in [0.4, 0.5) is 5.69 Å². The van der Waals surface area contributed by atoms with Crippen LogP contribution in [0.15, 0.2) is 53.2 Å². The lowest BCUT2D eigenvalue weighted by Crippen LogP contribution is -2.24. The number of carbonyl (C=O) groups is 3. The Balaban J connectivity index is 2.15. The van der Waals surface area contributed by atoms with E-state index in [-0.39, 0.29) is 11.1 Å². The molecular weight excluding hydrogens is 442 g/mol. The Morgan fingerprint density at radius 2 is 1.41 bits per heavy atom. The third-order valence-corrected chi connectivity index (χ3v) is 5.37. The number of hydrogen-bond acceptors (Lipinski definition) is 8. The van der Waals surface area contributed by atoms with Gasteiger partial charge < -0.3 is 23.7 Å². The van der Waals surface area contributed by atoms with E-state index in [1.54, 1.807) is 49.4 Å². The van der Waals surface area contributed by atoms with Gasteiger partial charge in [-0.05, 0) is 49.4 Å². The lowest BCUT2D eigenvalue weighted by atomic mass is 10.0. The zero-order valence-electron chi connectivity index (χ0n) is 19.8. The first-order chi connectivity index (χ1) is 16.3. The highest BCUT2D eigenvalue weighted by molar-refractivity contribution is 6.24. The van der Waals surface area contributed by atoms with E-state index in [1.807, 2.05) is 0 Å². The maximum atomic E-state index is 13.5. The molecule has 0 N–H and O–H groups in total. The van der Waals surface area contributed by atoms with Gasteiger partial charge in [0, 0.05) is 16.9 Å². The molecule has 2 aromatic rings. The Morgan fingerprint density at radius 3 is 1.94 bits per heavy atom. The Kier molecular flexibility index (Phi) is 7.25. The second-order valence-corrected chi connectivity index (χ2v) is 7.11. The summed E-state index contributed by atoms with van der Waals surface area (Å²) >= 11 is 0.